The number of aryl methyl sites for hydroxylation is 2. The van der Waals surface area contributed by atoms with Gasteiger partial charge in [0, 0.05) is 0 Å². The van der Waals surface area contributed by atoms with Gasteiger partial charge >= 0.3 is 16.1 Å². The molecule has 2 amide bonds. The molecule has 0 radical (unpaired) electrons. The molecule has 1 N–H and O–H groups in total. The average molecular weight is 461 g/mol. The van der Waals surface area contributed by atoms with E-state index in [2.05, 4.69) is 4.28 Å². The fourth-order valence-electron chi connectivity index (χ4n) is 2.63. The normalized spacial score (nSPS) is 11.7. The van der Waals surface area contributed by atoms with Crippen molar-refractivity contribution in [1.29, 1.82) is 0 Å². The number of benzene rings is 3. The molecule has 10 heteroatoms. The SMILES string of the molecule is Cc1ccc(S(=O)(=O)ONC(=O)N(c2ccccc2)S(=O)(=O)c2ccc(C)cc2)cc1. The van der Waals surface area contributed by atoms with E-state index in [0.29, 0.717) is 4.31 Å². The topological polar surface area (TPSA) is 110 Å². The highest BCUT2D eigenvalue weighted by Crippen LogP contribution is 2.24. The minimum Gasteiger partial charge on any atom is -0.245 e. The molecule has 0 bridgehead atoms. The van der Waals surface area contributed by atoms with Gasteiger partial charge in [-0.1, -0.05) is 53.6 Å². The van der Waals surface area contributed by atoms with Crippen molar-refractivity contribution in [1.82, 2.24) is 5.48 Å². The Labute approximate surface area is 181 Å². The Morgan fingerprint density at radius 2 is 1.23 bits per heavy atom. The van der Waals surface area contributed by atoms with E-state index in [-0.39, 0.29) is 15.5 Å². The van der Waals surface area contributed by atoms with Crippen molar-refractivity contribution < 1.29 is 25.9 Å². The Kier molecular flexibility index (Phi) is 6.44. The van der Waals surface area contributed by atoms with Crippen LogP contribution in [0, 0.1) is 13.8 Å². The molecule has 3 aromatic carbocycles. The van der Waals surface area contributed by atoms with Crippen LogP contribution in [0.2, 0.25) is 0 Å². The van der Waals surface area contributed by atoms with Gasteiger partial charge in [0.25, 0.3) is 10.0 Å². The molecule has 0 aliphatic carbocycles. The second kappa shape index (κ2) is 8.88. The van der Waals surface area contributed by atoms with Crippen molar-refractivity contribution in [3.05, 3.63) is 90.0 Å². The second-order valence-corrected chi connectivity index (χ2v) is 10.0. The molecule has 0 spiro atoms. The fraction of sp³-hybridized carbons (Fsp3) is 0.0952. The maximum absolute atomic E-state index is 13.2. The lowest BCUT2D eigenvalue weighted by molar-refractivity contribution is 0.190. The lowest BCUT2D eigenvalue weighted by Gasteiger charge is -2.22. The van der Waals surface area contributed by atoms with Crippen molar-refractivity contribution in [2.75, 3.05) is 4.31 Å². The first-order valence-electron chi connectivity index (χ1n) is 9.08. The maximum atomic E-state index is 13.2. The highest BCUT2D eigenvalue weighted by Gasteiger charge is 2.32. The van der Waals surface area contributed by atoms with E-state index in [1.165, 1.54) is 36.4 Å². The molecule has 162 valence electrons. The van der Waals surface area contributed by atoms with Gasteiger partial charge in [-0.3, -0.25) is 0 Å². The van der Waals surface area contributed by atoms with Gasteiger partial charge < -0.3 is 0 Å². The first kappa shape index (κ1) is 22.5. The molecule has 3 rings (SSSR count). The first-order valence-corrected chi connectivity index (χ1v) is 11.9. The van der Waals surface area contributed by atoms with Crippen molar-refractivity contribution in [2.45, 2.75) is 23.6 Å². The summed E-state index contributed by atoms with van der Waals surface area (Å²) >= 11 is 0. The third-order valence-corrected chi connectivity index (χ3v) is 7.16. The zero-order valence-corrected chi connectivity index (χ0v) is 18.4. The molecular formula is C21H20N2O6S2. The van der Waals surface area contributed by atoms with Crippen LogP contribution in [0.4, 0.5) is 10.5 Å². The average Bonchev–Trinajstić information content (AvgIpc) is 2.74. The second-order valence-electron chi connectivity index (χ2n) is 6.68. The van der Waals surface area contributed by atoms with Gasteiger partial charge in [0.15, 0.2) is 0 Å². The number of carbonyl (C=O) groups is 1. The van der Waals surface area contributed by atoms with Gasteiger partial charge in [-0.15, -0.1) is 4.28 Å². The number of para-hydroxylation sites is 1. The molecule has 0 aliphatic rings. The Hall–Kier alpha value is -3.21. The molecular weight excluding hydrogens is 440 g/mol. The molecule has 0 saturated heterocycles. The Balaban J connectivity index is 1.92. The Morgan fingerprint density at radius 1 is 0.742 bits per heavy atom. The molecule has 0 fully saturated rings. The quantitative estimate of drug-likeness (QED) is 0.564. The van der Waals surface area contributed by atoms with Crippen LogP contribution >= 0.6 is 0 Å². The van der Waals surface area contributed by atoms with Crippen molar-refractivity contribution in [2.24, 2.45) is 0 Å². The third-order valence-electron chi connectivity index (χ3n) is 4.28. The van der Waals surface area contributed by atoms with E-state index in [1.807, 2.05) is 0 Å². The number of sulfonamides is 1. The highest BCUT2D eigenvalue weighted by molar-refractivity contribution is 7.93. The van der Waals surface area contributed by atoms with E-state index in [1.54, 1.807) is 61.8 Å². The molecule has 0 unspecified atom stereocenters. The number of hydrogen-bond donors (Lipinski definition) is 1. The number of hydrogen-bond acceptors (Lipinski definition) is 6. The fourth-order valence-corrected chi connectivity index (χ4v) is 4.72. The Morgan fingerprint density at radius 3 is 1.74 bits per heavy atom. The zero-order chi connectivity index (χ0) is 22.6. The van der Waals surface area contributed by atoms with Gasteiger partial charge in [-0.2, -0.15) is 18.2 Å². The third kappa shape index (κ3) is 5.10. The smallest absolute Gasteiger partial charge is 0.245 e. The molecule has 0 aliphatic heterocycles. The number of urea groups is 1. The van der Waals surface area contributed by atoms with Crippen LogP contribution in [0.15, 0.2) is 88.7 Å². The number of rotatable bonds is 6. The molecule has 8 nitrogen and oxygen atoms in total. The van der Waals surface area contributed by atoms with Crippen LogP contribution in [-0.4, -0.2) is 22.9 Å². The molecule has 3 aromatic rings. The van der Waals surface area contributed by atoms with E-state index >= 15 is 0 Å². The van der Waals surface area contributed by atoms with E-state index in [4.69, 9.17) is 0 Å². The number of nitrogens with one attached hydrogen (secondary N) is 1. The van der Waals surface area contributed by atoms with Crippen molar-refractivity contribution >= 4 is 31.9 Å². The van der Waals surface area contributed by atoms with Crippen LogP contribution < -0.4 is 9.79 Å². The van der Waals surface area contributed by atoms with Gasteiger partial charge in [-0.05, 0) is 50.2 Å². The van der Waals surface area contributed by atoms with Crippen LogP contribution in [0.25, 0.3) is 0 Å². The number of nitrogens with zero attached hydrogens (tertiary/aromatic N) is 1. The predicted molar refractivity (Wildman–Crippen MR) is 115 cm³/mol. The predicted octanol–water partition coefficient (Wildman–Crippen LogP) is 3.53. The molecule has 31 heavy (non-hydrogen) atoms. The summed E-state index contributed by atoms with van der Waals surface area (Å²) in [6.07, 6.45) is 0. The molecule has 0 aromatic heterocycles. The summed E-state index contributed by atoms with van der Waals surface area (Å²) < 4.78 is 56.2. The van der Waals surface area contributed by atoms with E-state index in [9.17, 15) is 21.6 Å². The van der Waals surface area contributed by atoms with Gasteiger partial charge in [-0.25, -0.2) is 13.2 Å². The van der Waals surface area contributed by atoms with Crippen LogP contribution in [-0.2, 0) is 24.4 Å². The van der Waals surface area contributed by atoms with Crippen LogP contribution in [0.1, 0.15) is 11.1 Å². The lowest BCUT2D eigenvalue weighted by atomic mass is 10.2. The summed E-state index contributed by atoms with van der Waals surface area (Å²) in [7, 11) is -8.72. The molecule has 0 heterocycles. The van der Waals surface area contributed by atoms with Crippen LogP contribution in [0.5, 0.6) is 0 Å². The van der Waals surface area contributed by atoms with E-state index in [0.717, 1.165) is 11.1 Å². The largest absolute Gasteiger partial charge is 0.361 e. The molecule has 0 atom stereocenters. The number of carbonyl (C=O) groups excluding carboxylic acids is 1. The highest BCUT2D eigenvalue weighted by atomic mass is 32.2. The maximum Gasteiger partial charge on any atom is 0.361 e. The number of hydroxylamine groups is 1. The summed E-state index contributed by atoms with van der Waals surface area (Å²) in [5, 5.41) is 0. The monoisotopic (exact) mass is 460 g/mol. The summed E-state index contributed by atoms with van der Waals surface area (Å²) in [5.74, 6) is 0. The summed E-state index contributed by atoms with van der Waals surface area (Å²) in [6.45, 7) is 3.58. The van der Waals surface area contributed by atoms with Crippen LogP contribution in [0.3, 0.4) is 0 Å². The summed E-state index contributed by atoms with van der Waals surface area (Å²) in [4.78, 5) is 12.5. The van der Waals surface area contributed by atoms with Gasteiger partial charge in [0.2, 0.25) is 0 Å². The summed E-state index contributed by atoms with van der Waals surface area (Å²) in [5.41, 5.74) is 3.42. The lowest BCUT2D eigenvalue weighted by Crippen LogP contribution is -2.44. The standard InChI is InChI=1S/C21H20N2O6S2/c1-16-8-12-19(13-9-16)30(25,26)23(18-6-4-3-5-7-18)21(24)22-29-31(27,28)20-14-10-17(2)11-15-20/h3-15H,1-2H3,(H,22,24). The number of anilines is 1. The minimum absolute atomic E-state index is 0.0110. The van der Waals surface area contributed by atoms with Gasteiger partial charge in [0.05, 0.1) is 15.5 Å². The minimum atomic E-state index is -4.36. The number of amides is 2. The first-order chi connectivity index (χ1) is 14.6. The summed E-state index contributed by atoms with van der Waals surface area (Å²) in [6, 6.07) is 17.9. The molecule has 0 saturated carbocycles. The van der Waals surface area contributed by atoms with Gasteiger partial charge in [0.1, 0.15) is 0 Å². The zero-order valence-electron chi connectivity index (χ0n) is 16.7. The van der Waals surface area contributed by atoms with E-state index < -0.39 is 26.2 Å². The Bertz CT molecular complexity index is 1270. The van der Waals surface area contributed by atoms with Crippen molar-refractivity contribution in [3.63, 3.8) is 0 Å². The van der Waals surface area contributed by atoms with Crippen molar-refractivity contribution in [3.8, 4) is 0 Å².